The van der Waals surface area contributed by atoms with Gasteiger partial charge in [-0.05, 0) is 96.3 Å². The molecule has 0 amide bonds. The Kier molecular flexibility index (Phi) is 61.6. The summed E-state index contributed by atoms with van der Waals surface area (Å²) in [4.78, 5) is 38.1. The van der Waals surface area contributed by atoms with Crippen LogP contribution >= 0.6 is 7.82 Å². The molecular formula is C74H130NO8P. The van der Waals surface area contributed by atoms with E-state index in [0.29, 0.717) is 17.4 Å². The first kappa shape index (κ1) is 80.7. The summed E-state index contributed by atoms with van der Waals surface area (Å²) in [6.07, 6.45) is 90.2. The molecule has 0 aliphatic rings. The smallest absolute Gasteiger partial charge is 0.306 e. The average molecular weight is 1190 g/mol. The van der Waals surface area contributed by atoms with Crippen LogP contribution in [0.4, 0.5) is 0 Å². The second-order valence-electron chi connectivity index (χ2n) is 24.1. The van der Waals surface area contributed by atoms with Crippen molar-refractivity contribution in [3.8, 4) is 0 Å². The second kappa shape index (κ2) is 64.2. The van der Waals surface area contributed by atoms with Crippen molar-refractivity contribution in [1.82, 2.24) is 0 Å². The van der Waals surface area contributed by atoms with Crippen molar-refractivity contribution in [1.29, 1.82) is 0 Å². The molecule has 0 saturated heterocycles. The first-order chi connectivity index (χ1) is 41.0. The number of rotatable bonds is 63. The molecule has 0 aliphatic heterocycles. The summed E-state index contributed by atoms with van der Waals surface area (Å²) < 4.78 is 34.3. The van der Waals surface area contributed by atoms with Crippen LogP contribution in [-0.2, 0) is 32.7 Å². The Labute approximate surface area is 518 Å². The van der Waals surface area contributed by atoms with Crippen LogP contribution < -0.4 is 4.89 Å². The number of hydrogen-bond acceptors (Lipinski definition) is 8. The third-order valence-corrected chi connectivity index (χ3v) is 15.8. The Bertz CT molecular complexity index is 1790. The highest BCUT2D eigenvalue weighted by Crippen LogP contribution is 2.38. The molecule has 0 aromatic carbocycles. The number of quaternary nitrogens is 1. The quantitative estimate of drug-likeness (QED) is 0.0195. The SMILES string of the molecule is CC/C=C\C/C=C\C/C=C\C/C=C\C/C=C\CCCCCCCCCCCCCC(=O)OC(COC(=O)CCCCCCCCCCCCCCCCCCCCCC/C=C\C/C=C\C/C=C\C/C=C\CC)COP(=O)([O-])OCC[N+](C)(C)C. The van der Waals surface area contributed by atoms with E-state index in [2.05, 4.69) is 123 Å². The number of hydrogen-bond donors (Lipinski definition) is 0. The van der Waals surface area contributed by atoms with E-state index in [-0.39, 0.29) is 32.0 Å². The number of unbranched alkanes of at least 4 members (excludes halogenated alkanes) is 31. The molecule has 0 saturated carbocycles. The van der Waals surface area contributed by atoms with E-state index in [1.54, 1.807) is 0 Å². The Morgan fingerprint density at radius 3 is 0.952 bits per heavy atom. The highest BCUT2D eigenvalue weighted by Gasteiger charge is 2.22. The highest BCUT2D eigenvalue weighted by atomic mass is 31.2. The van der Waals surface area contributed by atoms with Crippen LogP contribution in [0.15, 0.2) is 109 Å². The van der Waals surface area contributed by atoms with Crippen molar-refractivity contribution in [2.75, 3.05) is 47.5 Å². The summed E-state index contributed by atoms with van der Waals surface area (Å²) in [6, 6.07) is 0. The van der Waals surface area contributed by atoms with Crippen LogP contribution in [0, 0.1) is 0 Å². The summed E-state index contributed by atoms with van der Waals surface area (Å²) in [5.41, 5.74) is 0. The first-order valence-corrected chi connectivity index (χ1v) is 36.1. The summed E-state index contributed by atoms with van der Waals surface area (Å²) >= 11 is 0. The first-order valence-electron chi connectivity index (χ1n) is 34.6. The van der Waals surface area contributed by atoms with Gasteiger partial charge in [-0.1, -0.05) is 297 Å². The molecule has 0 spiro atoms. The number of allylic oxidation sites excluding steroid dienone is 18. The topological polar surface area (TPSA) is 111 Å². The molecule has 0 fully saturated rings. The van der Waals surface area contributed by atoms with Gasteiger partial charge in [-0.2, -0.15) is 0 Å². The van der Waals surface area contributed by atoms with Gasteiger partial charge < -0.3 is 27.9 Å². The van der Waals surface area contributed by atoms with Crippen molar-refractivity contribution < 1.29 is 42.1 Å². The normalized spacial score (nSPS) is 13.8. The average Bonchev–Trinajstić information content (AvgIpc) is 3.61. The van der Waals surface area contributed by atoms with E-state index in [9.17, 15) is 19.0 Å². The molecule has 484 valence electrons. The zero-order chi connectivity index (χ0) is 61.2. The van der Waals surface area contributed by atoms with Gasteiger partial charge in [0.2, 0.25) is 0 Å². The van der Waals surface area contributed by atoms with Crippen LogP contribution in [0.5, 0.6) is 0 Å². The lowest BCUT2D eigenvalue weighted by Crippen LogP contribution is -2.37. The maximum absolute atomic E-state index is 12.9. The molecule has 2 atom stereocenters. The number of carbonyl (C=O) groups is 2. The standard InChI is InChI=1S/C74H130NO8P/c1-6-8-10-12-14-16-18-20-22-24-26-28-30-32-34-35-36-37-38-39-41-42-44-46-48-50-52-54-56-58-60-62-64-66-73(76)80-70-72(71-82-84(78,79)81-69-68-75(3,4)5)83-74(77)67-65-63-61-59-57-55-53-51-49-47-45-43-40-33-31-29-27-25-23-21-19-17-15-13-11-9-7-2/h8-11,14-17,20-23,26-29,33,40,72H,6-7,12-13,18-19,24-25,30-32,34-39,41-71H2,1-5H3/b10-8-,11-9-,16-14-,17-15-,22-20-,23-21-,28-26-,29-27-,40-33-. The van der Waals surface area contributed by atoms with Crippen LogP contribution in [-0.4, -0.2) is 70.0 Å². The third-order valence-electron chi connectivity index (χ3n) is 14.8. The Hall–Kier alpha value is -3.33. The van der Waals surface area contributed by atoms with E-state index >= 15 is 0 Å². The van der Waals surface area contributed by atoms with Crippen molar-refractivity contribution in [2.24, 2.45) is 0 Å². The van der Waals surface area contributed by atoms with Crippen LogP contribution in [0.2, 0.25) is 0 Å². The predicted molar refractivity (Wildman–Crippen MR) is 360 cm³/mol. The van der Waals surface area contributed by atoms with E-state index in [1.807, 2.05) is 21.1 Å². The maximum atomic E-state index is 12.9. The van der Waals surface area contributed by atoms with Crippen LogP contribution in [0.25, 0.3) is 0 Å². The number of phosphoric ester groups is 1. The highest BCUT2D eigenvalue weighted by molar-refractivity contribution is 7.45. The monoisotopic (exact) mass is 1190 g/mol. The fraction of sp³-hybridized carbons (Fsp3) is 0.730. The maximum Gasteiger partial charge on any atom is 0.306 e. The van der Waals surface area contributed by atoms with E-state index in [1.165, 1.54) is 161 Å². The molecule has 0 aliphatic carbocycles. The number of carbonyl (C=O) groups excluding carboxylic acids is 2. The number of nitrogens with zero attached hydrogens (tertiary/aromatic N) is 1. The minimum atomic E-state index is -4.65. The van der Waals surface area contributed by atoms with Crippen LogP contribution in [0.1, 0.15) is 296 Å². The molecule has 0 aromatic heterocycles. The van der Waals surface area contributed by atoms with E-state index < -0.39 is 26.5 Å². The lowest BCUT2D eigenvalue weighted by Gasteiger charge is -2.28. The zero-order valence-electron chi connectivity index (χ0n) is 55.1. The number of esters is 2. The third kappa shape index (κ3) is 67.8. The Balaban J connectivity index is 4.04. The van der Waals surface area contributed by atoms with Gasteiger partial charge in [-0.25, -0.2) is 0 Å². The van der Waals surface area contributed by atoms with Gasteiger partial charge in [0.05, 0.1) is 27.7 Å². The summed E-state index contributed by atoms with van der Waals surface area (Å²) in [5, 5.41) is 0. The molecule has 10 heteroatoms. The molecule has 0 bridgehead atoms. The Morgan fingerprint density at radius 2 is 0.643 bits per heavy atom. The van der Waals surface area contributed by atoms with Gasteiger partial charge >= 0.3 is 11.9 Å². The Morgan fingerprint density at radius 1 is 0.369 bits per heavy atom. The van der Waals surface area contributed by atoms with Crippen molar-refractivity contribution in [3.63, 3.8) is 0 Å². The van der Waals surface area contributed by atoms with E-state index in [0.717, 1.165) is 103 Å². The summed E-state index contributed by atoms with van der Waals surface area (Å²) in [6.45, 7) is 4.04. The van der Waals surface area contributed by atoms with Crippen LogP contribution in [0.3, 0.4) is 0 Å². The van der Waals surface area contributed by atoms with Crippen molar-refractivity contribution >= 4 is 19.8 Å². The van der Waals surface area contributed by atoms with Gasteiger partial charge in [-0.3, -0.25) is 14.2 Å². The number of likely N-dealkylation sites (N-methyl/N-ethyl adjacent to an activating group) is 1. The van der Waals surface area contributed by atoms with Gasteiger partial charge in [0.1, 0.15) is 19.8 Å². The summed E-state index contributed by atoms with van der Waals surface area (Å²) in [5.74, 6) is -0.830. The second-order valence-corrected chi connectivity index (χ2v) is 25.5. The number of phosphoric acid groups is 1. The van der Waals surface area contributed by atoms with Crippen molar-refractivity contribution in [2.45, 2.75) is 302 Å². The number of ether oxygens (including phenoxy) is 2. The summed E-state index contributed by atoms with van der Waals surface area (Å²) in [7, 11) is 1.16. The van der Waals surface area contributed by atoms with Crippen molar-refractivity contribution in [3.05, 3.63) is 109 Å². The molecule has 0 N–H and O–H groups in total. The van der Waals surface area contributed by atoms with Gasteiger partial charge in [0.25, 0.3) is 7.82 Å². The fourth-order valence-corrected chi connectivity index (χ4v) is 10.3. The molecule has 0 heterocycles. The lowest BCUT2D eigenvalue weighted by molar-refractivity contribution is -0.870. The van der Waals surface area contributed by atoms with Gasteiger partial charge in [-0.15, -0.1) is 0 Å². The predicted octanol–water partition coefficient (Wildman–Crippen LogP) is 21.9. The zero-order valence-corrected chi connectivity index (χ0v) is 56.0. The molecule has 0 rings (SSSR count). The van der Waals surface area contributed by atoms with Gasteiger partial charge in [0.15, 0.2) is 6.10 Å². The fourth-order valence-electron chi connectivity index (χ4n) is 9.56. The molecule has 0 aromatic rings. The minimum Gasteiger partial charge on any atom is -0.756 e. The van der Waals surface area contributed by atoms with E-state index in [4.69, 9.17) is 18.5 Å². The molecule has 9 nitrogen and oxygen atoms in total. The minimum absolute atomic E-state index is 0.0343. The molecule has 0 radical (unpaired) electrons. The van der Waals surface area contributed by atoms with Gasteiger partial charge in [0, 0.05) is 12.8 Å². The molecule has 2 unspecified atom stereocenters. The largest absolute Gasteiger partial charge is 0.756 e. The molecular weight excluding hydrogens is 1060 g/mol. The lowest BCUT2D eigenvalue weighted by atomic mass is 10.0. The molecule has 84 heavy (non-hydrogen) atoms.